The Morgan fingerprint density at radius 2 is 1.57 bits per heavy atom. The molecule has 1 aliphatic carbocycles. The van der Waals surface area contributed by atoms with E-state index in [-0.39, 0.29) is 0 Å². The Morgan fingerprint density at radius 3 is 2.17 bits per heavy atom. The maximum Gasteiger partial charge on any atom is 0.338 e. The van der Waals surface area contributed by atoms with Crippen molar-refractivity contribution in [3.8, 4) is 17.2 Å². The minimum absolute atomic E-state index is 0.301. The highest BCUT2D eigenvalue weighted by Gasteiger charge is 2.21. The van der Waals surface area contributed by atoms with Gasteiger partial charge in [0.25, 0.3) is 0 Å². The molecule has 0 N–H and O–H groups in total. The van der Waals surface area contributed by atoms with Crippen LogP contribution in [0.3, 0.4) is 0 Å². The van der Waals surface area contributed by atoms with Crippen molar-refractivity contribution in [1.82, 2.24) is 0 Å². The maximum absolute atomic E-state index is 11.5. The van der Waals surface area contributed by atoms with E-state index >= 15 is 0 Å². The highest BCUT2D eigenvalue weighted by atomic mass is 16.5. The molecule has 0 aliphatic heterocycles. The molecule has 0 spiro atoms. The molecule has 30 heavy (non-hydrogen) atoms. The number of rotatable bonds is 9. The van der Waals surface area contributed by atoms with Crippen LogP contribution in [0.25, 0.3) is 0 Å². The number of carbonyl (C=O) groups excluding carboxylic acids is 1. The lowest BCUT2D eigenvalue weighted by molar-refractivity contribution is -0.130. The minimum atomic E-state index is -0.425. The zero-order valence-electron chi connectivity index (χ0n) is 17.6. The zero-order chi connectivity index (χ0) is 21.3. The Bertz CT molecular complexity index is 844. The first-order chi connectivity index (χ1) is 14.5. The molecular weight excluding hydrogens is 376 g/mol. The average Bonchev–Trinajstić information content (AvgIpc) is 2.76. The van der Waals surface area contributed by atoms with Gasteiger partial charge >= 0.3 is 5.97 Å². The van der Waals surface area contributed by atoms with Gasteiger partial charge in [-0.3, -0.25) is 0 Å². The summed E-state index contributed by atoms with van der Waals surface area (Å²) in [5, 5.41) is 0. The first kappa shape index (κ1) is 21.7. The summed E-state index contributed by atoms with van der Waals surface area (Å²) in [6.45, 7) is 9.47. The predicted molar refractivity (Wildman–Crippen MR) is 119 cm³/mol. The summed E-state index contributed by atoms with van der Waals surface area (Å²) in [7, 11) is 0. The van der Waals surface area contributed by atoms with Gasteiger partial charge in [-0.1, -0.05) is 24.8 Å². The smallest absolute Gasteiger partial charge is 0.338 e. The van der Waals surface area contributed by atoms with Gasteiger partial charge in [-0.25, -0.2) is 4.79 Å². The molecule has 2 aromatic rings. The van der Waals surface area contributed by atoms with Gasteiger partial charge in [-0.2, -0.15) is 0 Å². The molecule has 1 aliphatic rings. The van der Waals surface area contributed by atoms with E-state index in [1.165, 1.54) is 12.8 Å². The number of hydrogen-bond donors (Lipinski definition) is 0. The van der Waals surface area contributed by atoms with Crippen LogP contribution in [-0.2, 0) is 11.4 Å². The molecule has 0 atom stereocenters. The quantitative estimate of drug-likeness (QED) is 0.213. The van der Waals surface area contributed by atoms with Crippen molar-refractivity contribution < 1.29 is 19.0 Å². The minimum Gasteiger partial charge on any atom is -0.490 e. The fourth-order valence-electron chi connectivity index (χ4n) is 3.54. The third-order valence-electron chi connectivity index (χ3n) is 5.31. The lowest BCUT2D eigenvalue weighted by atomic mass is 9.85. The van der Waals surface area contributed by atoms with E-state index in [0.717, 1.165) is 42.2 Å². The van der Waals surface area contributed by atoms with Crippen molar-refractivity contribution in [1.29, 1.82) is 0 Å². The maximum atomic E-state index is 11.5. The van der Waals surface area contributed by atoms with Crippen molar-refractivity contribution in [3.63, 3.8) is 0 Å². The molecule has 0 unspecified atom stereocenters. The van der Waals surface area contributed by atoms with Crippen molar-refractivity contribution >= 4 is 5.97 Å². The molecular formula is C26H30O4. The highest BCUT2D eigenvalue weighted by molar-refractivity contribution is 5.88. The number of hydrogen-bond acceptors (Lipinski definition) is 4. The van der Waals surface area contributed by atoms with E-state index in [0.29, 0.717) is 24.0 Å². The van der Waals surface area contributed by atoms with E-state index in [2.05, 4.69) is 13.2 Å². The largest absolute Gasteiger partial charge is 0.490 e. The molecule has 0 amide bonds. The van der Waals surface area contributed by atoms with Crippen LogP contribution in [0.5, 0.6) is 17.2 Å². The zero-order valence-corrected chi connectivity index (χ0v) is 17.6. The molecule has 0 radical (unpaired) electrons. The Balaban J connectivity index is 1.44. The van der Waals surface area contributed by atoms with Crippen molar-refractivity contribution in [2.45, 2.75) is 51.7 Å². The van der Waals surface area contributed by atoms with Crippen LogP contribution in [-0.4, -0.2) is 12.1 Å². The van der Waals surface area contributed by atoms with E-state index in [1.807, 2.05) is 42.5 Å². The van der Waals surface area contributed by atoms with E-state index in [9.17, 15) is 4.79 Å². The number of carbonyl (C=O) groups is 1. The Kier molecular flexibility index (Phi) is 7.72. The molecule has 4 heteroatoms. The lowest BCUT2D eigenvalue weighted by Crippen LogP contribution is -2.23. The molecule has 158 valence electrons. The number of esters is 1. The Hall–Kier alpha value is -3.01. The Morgan fingerprint density at radius 1 is 0.967 bits per heavy atom. The normalized spacial score (nSPS) is 18.3. The van der Waals surface area contributed by atoms with Gasteiger partial charge in [0.2, 0.25) is 0 Å². The molecule has 2 aromatic carbocycles. The molecule has 0 saturated heterocycles. The third kappa shape index (κ3) is 6.51. The van der Waals surface area contributed by atoms with Crippen molar-refractivity contribution in [2.24, 2.45) is 5.92 Å². The van der Waals surface area contributed by atoms with Gasteiger partial charge < -0.3 is 14.2 Å². The van der Waals surface area contributed by atoms with Gasteiger partial charge in [0, 0.05) is 5.57 Å². The summed E-state index contributed by atoms with van der Waals surface area (Å²) in [6, 6.07) is 15.0. The molecule has 0 aromatic heterocycles. The summed E-state index contributed by atoms with van der Waals surface area (Å²) in [4.78, 5) is 11.5. The van der Waals surface area contributed by atoms with Crippen molar-refractivity contribution in [2.75, 3.05) is 0 Å². The molecule has 4 nitrogen and oxygen atoms in total. The number of ether oxygens (including phenoxy) is 3. The lowest BCUT2D eigenvalue weighted by Gasteiger charge is -2.28. The van der Waals surface area contributed by atoms with Gasteiger partial charge in [0.1, 0.15) is 23.9 Å². The van der Waals surface area contributed by atoms with Gasteiger partial charge in [-0.15, -0.1) is 6.58 Å². The van der Waals surface area contributed by atoms with Gasteiger partial charge in [0.05, 0.1) is 6.10 Å². The number of allylic oxidation sites excluding steroid dienone is 1. The van der Waals surface area contributed by atoms with Crippen molar-refractivity contribution in [3.05, 3.63) is 78.9 Å². The fourth-order valence-corrected chi connectivity index (χ4v) is 3.54. The first-order valence-corrected chi connectivity index (χ1v) is 10.5. The standard InChI is InChI=1S/C26H30O4/c1-4-5-20-6-10-23(11-7-20)29-24-16-14-22(15-17-24)28-18-21-8-12-25(13-9-21)30-26(27)19(2)3/h4,8-9,12-17,20,23H,1-2,5-7,10-11,18H2,3H3. The second-order valence-corrected chi connectivity index (χ2v) is 7.86. The molecule has 1 fully saturated rings. The monoisotopic (exact) mass is 406 g/mol. The second-order valence-electron chi connectivity index (χ2n) is 7.86. The van der Waals surface area contributed by atoms with E-state index in [1.54, 1.807) is 19.1 Å². The molecule has 0 heterocycles. The number of benzene rings is 2. The fraction of sp³-hybridized carbons (Fsp3) is 0.346. The first-order valence-electron chi connectivity index (χ1n) is 10.5. The molecule has 1 saturated carbocycles. The van der Waals surface area contributed by atoms with Crippen LogP contribution in [0.4, 0.5) is 0 Å². The molecule has 3 rings (SSSR count). The predicted octanol–water partition coefficient (Wildman–Crippen LogP) is 6.26. The van der Waals surface area contributed by atoms with Crippen LogP contribution < -0.4 is 14.2 Å². The average molecular weight is 407 g/mol. The van der Waals surface area contributed by atoms with Crippen LogP contribution >= 0.6 is 0 Å². The summed E-state index contributed by atoms with van der Waals surface area (Å²) >= 11 is 0. The summed E-state index contributed by atoms with van der Waals surface area (Å²) in [5.74, 6) is 2.51. The van der Waals surface area contributed by atoms with Gasteiger partial charge in [0.15, 0.2) is 0 Å². The van der Waals surface area contributed by atoms with E-state index in [4.69, 9.17) is 14.2 Å². The van der Waals surface area contributed by atoms with Crippen LogP contribution in [0.1, 0.15) is 44.6 Å². The van der Waals surface area contributed by atoms with Crippen LogP contribution in [0.15, 0.2) is 73.3 Å². The SMILES string of the molecule is C=CCC1CCC(Oc2ccc(OCc3ccc(OC(=O)C(=C)C)cc3)cc2)CC1. The van der Waals surface area contributed by atoms with E-state index < -0.39 is 5.97 Å². The summed E-state index contributed by atoms with van der Waals surface area (Å²) in [5.41, 5.74) is 1.36. The van der Waals surface area contributed by atoms with Crippen LogP contribution in [0.2, 0.25) is 0 Å². The Labute approximate surface area is 179 Å². The van der Waals surface area contributed by atoms with Crippen LogP contribution in [0, 0.1) is 5.92 Å². The second kappa shape index (κ2) is 10.7. The summed E-state index contributed by atoms with van der Waals surface area (Å²) in [6.07, 6.45) is 8.07. The topological polar surface area (TPSA) is 44.8 Å². The molecule has 0 bridgehead atoms. The summed E-state index contributed by atoms with van der Waals surface area (Å²) < 4.78 is 17.2. The van der Waals surface area contributed by atoms with Gasteiger partial charge in [-0.05, 0) is 86.9 Å². The highest BCUT2D eigenvalue weighted by Crippen LogP contribution is 2.30. The third-order valence-corrected chi connectivity index (χ3v) is 5.31.